The zero-order chi connectivity index (χ0) is 17.9. The van der Waals surface area contributed by atoms with Gasteiger partial charge < -0.3 is 4.74 Å². The molecular weight excluding hydrogens is 334 g/mol. The molecule has 24 heavy (non-hydrogen) atoms. The van der Waals surface area contributed by atoms with Crippen LogP contribution in [0.5, 0.6) is 0 Å². The molecular formula is C14H21N5O4S. The summed E-state index contributed by atoms with van der Waals surface area (Å²) in [7, 11) is -2.20. The Morgan fingerprint density at radius 2 is 2.12 bits per heavy atom. The summed E-state index contributed by atoms with van der Waals surface area (Å²) in [5, 5.41) is 8.06. The molecule has 0 saturated heterocycles. The number of rotatable bonds is 7. The van der Waals surface area contributed by atoms with Gasteiger partial charge in [0.05, 0.1) is 17.9 Å². The first-order valence-corrected chi connectivity index (χ1v) is 8.87. The van der Waals surface area contributed by atoms with E-state index in [9.17, 15) is 13.2 Å². The minimum absolute atomic E-state index is 0.0844. The second kappa shape index (κ2) is 7.14. The van der Waals surface area contributed by atoms with Gasteiger partial charge in [0.15, 0.2) is 0 Å². The summed E-state index contributed by atoms with van der Waals surface area (Å²) in [5.41, 5.74) is 0.876. The predicted molar refractivity (Wildman–Crippen MR) is 85.7 cm³/mol. The van der Waals surface area contributed by atoms with Crippen LogP contribution in [0.2, 0.25) is 0 Å². The zero-order valence-corrected chi connectivity index (χ0v) is 14.9. The van der Waals surface area contributed by atoms with Gasteiger partial charge in [-0.25, -0.2) is 8.42 Å². The molecule has 0 radical (unpaired) electrons. The van der Waals surface area contributed by atoms with Crippen LogP contribution in [0.15, 0.2) is 23.4 Å². The molecule has 1 atom stereocenters. The molecule has 2 aromatic rings. The van der Waals surface area contributed by atoms with Crippen LogP contribution >= 0.6 is 0 Å². The van der Waals surface area contributed by atoms with E-state index in [-0.39, 0.29) is 11.5 Å². The van der Waals surface area contributed by atoms with E-state index >= 15 is 0 Å². The maximum absolute atomic E-state index is 12.5. The van der Waals surface area contributed by atoms with E-state index in [1.54, 1.807) is 44.0 Å². The maximum atomic E-state index is 12.5. The monoisotopic (exact) mass is 355 g/mol. The van der Waals surface area contributed by atoms with Crippen molar-refractivity contribution in [3.05, 3.63) is 29.8 Å². The molecule has 0 amide bonds. The third-order valence-corrected chi connectivity index (χ3v) is 5.31. The molecule has 132 valence electrons. The van der Waals surface area contributed by atoms with Gasteiger partial charge in [0.2, 0.25) is 10.0 Å². The molecule has 2 aromatic heterocycles. The fraction of sp³-hybridized carbons (Fsp3) is 0.500. The Kier molecular flexibility index (Phi) is 5.40. The van der Waals surface area contributed by atoms with Crippen molar-refractivity contribution in [3.63, 3.8) is 0 Å². The predicted octanol–water partition coefficient (Wildman–Crippen LogP) is 0.144. The van der Waals surface area contributed by atoms with Crippen molar-refractivity contribution in [2.45, 2.75) is 38.3 Å². The average Bonchev–Trinajstić information content (AvgIpc) is 3.07. The third kappa shape index (κ3) is 4.01. The summed E-state index contributed by atoms with van der Waals surface area (Å²) in [6.45, 7) is 5.21. The number of nitrogens with one attached hydrogen (secondary N) is 1. The second-order valence-electron chi connectivity index (χ2n) is 5.40. The lowest BCUT2D eigenvalue weighted by atomic mass is 10.4. The first-order chi connectivity index (χ1) is 11.2. The number of ether oxygens (including phenoxy) is 1. The van der Waals surface area contributed by atoms with Crippen molar-refractivity contribution in [2.24, 2.45) is 7.05 Å². The zero-order valence-electron chi connectivity index (χ0n) is 14.1. The molecule has 0 bridgehead atoms. The first-order valence-electron chi connectivity index (χ1n) is 7.39. The molecule has 10 heteroatoms. The lowest BCUT2D eigenvalue weighted by Crippen LogP contribution is -2.40. The fourth-order valence-corrected chi connectivity index (χ4v) is 3.91. The Hall–Kier alpha value is -2.20. The lowest BCUT2D eigenvalue weighted by molar-refractivity contribution is -0.145. The summed E-state index contributed by atoms with van der Waals surface area (Å²) in [6, 6.07) is 0.753. The van der Waals surface area contributed by atoms with Gasteiger partial charge in [-0.05, 0) is 26.8 Å². The summed E-state index contributed by atoms with van der Waals surface area (Å²) in [5.74, 6) is -0.648. The highest BCUT2D eigenvalue weighted by atomic mass is 32.2. The molecule has 0 aliphatic rings. The van der Waals surface area contributed by atoms with Gasteiger partial charge >= 0.3 is 5.97 Å². The average molecular weight is 355 g/mol. The number of sulfonamides is 1. The van der Waals surface area contributed by atoms with Crippen LogP contribution in [0.25, 0.3) is 0 Å². The number of aryl methyl sites for hydroxylation is 2. The molecule has 0 fully saturated rings. The molecule has 0 saturated carbocycles. The van der Waals surface area contributed by atoms with Crippen LogP contribution < -0.4 is 4.72 Å². The number of aromatic nitrogens is 4. The third-order valence-electron chi connectivity index (χ3n) is 3.52. The van der Waals surface area contributed by atoms with E-state index in [1.807, 2.05) is 0 Å². The number of carbonyl (C=O) groups excluding carboxylic acids is 1. The molecule has 2 heterocycles. The van der Waals surface area contributed by atoms with Crippen LogP contribution in [0.3, 0.4) is 0 Å². The van der Waals surface area contributed by atoms with E-state index in [4.69, 9.17) is 4.74 Å². The molecule has 0 aliphatic carbocycles. The van der Waals surface area contributed by atoms with Gasteiger partial charge in [-0.1, -0.05) is 0 Å². The minimum Gasteiger partial charge on any atom is -0.463 e. The standard InChI is InChI=1S/C14H21N5O4S/c1-10-13(12(3)18(4)16-10)24(21,22)17-11(2)14(20)23-9-8-19-7-5-6-15-19/h5-7,11,17H,8-9H2,1-4H3/t11-/m0/s1. The Morgan fingerprint density at radius 3 is 2.67 bits per heavy atom. The fourth-order valence-electron chi connectivity index (χ4n) is 2.28. The van der Waals surface area contributed by atoms with E-state index in [1.165, 1.54) is 11.6 Å². The Morgan fingerprint density at radius 1 is 1.42 bits per heavy atom. The van der Waals surface area contributed by atoms with Gasteiger partial charge in [-0.2, -0.15) is 14.9 Å². The quantitative estimate of drug-likeness (QED) is 0.708. The van der Waals surface area contributed by atoms with Gasteiger partial charge in [0.1, 0.15) is 17.5 Å². The van der Waals surface area contributed by atoms with Crippen molar-refractivity contribution < 1.29 is 17.9 Å². The van der Waals surface area contributed by atoms with Crippen molar-refractivity contribution in [1.82, 2.24) is 24.3 Å². The van der Waals surface area contributed by atoms with Crippen molar-refractivity contribution in [2.75, 3.05) is 6.61 Å². The molecule has 0 aliphatic heterocycles. The SMILES string of the molecule is Cc1nn(C)c(C)c1S(=O)(=O)N[C@@H](C)C(=O)OCCn1cccn1. The topological polar surface area (TPSA) is 108 Å². The van der Waals surface area contributed by atoms with Crippen LogP contribution in [-0.4, -0.2) is 46.6 Å². The molecule has 1 N–H and O–H groups in total. The van der Waals surface area contributed by atoms with E-state index < -0.39 is 22.0 Å². The lowest BCUT2D eigenvalue weighted by Gasteiger charge is -2.14. The number of carbonyl (C=O) groups is 1. The Balaban J connectivity index is 1.97. The van der Waals surface area contributed by atoms with Crippen molar-refractivity contribution >= 4 is 16.0 Å². The highest BCUT2D eigenvalue weighted by Gasteiger charge is 2.28. The normalized spacial score (nSPS) is 13.0. The van der Waals surface area contributed by atoms with E-state index in [0.29, 0.717) is 17.9 Å². The molecule has 0 unspecified atom stereocenters. The van der Waals surface area contributed by atoms with Gasteiger partial charge in [-0.3, -0.25) is 14.2 Å². The number of hydrogen-bond acceptors (Lipinski definition) is 6. The minimum atomic E-state index is -3.87. The highest BCUT2D eigenvalue weighted by Crippen LogP contribution is 2.18. The van der Waals surface area contributed by atoms with Crippen molar-refractivity contribution in [1.29, 1.82) is 0 Å². The number of hydrogen-bond donors (Lipinski definition) is 1. The number of esters is 1. The Bertz CT molecular complexity index is 811. The second-order valence-corrected chi connectivity index (χ2v) is 7.05. The number of nitrogens with zero attached hydrogens (tertiary/aromatic N) is 4. The summed E-state index contributed by atoms with van der Waals surface area (Å²) < 4.78 is 35.5. The van der Waals surface area contributed by atoms with E-state index in [2.05, 4.69) is 14.9 Å². The van der Waals surface area contributed by atoms with Crippen LogP contribution in [0.1, 0.15) is 18.3 Å². The smallest absolute Gasteiger partial charge is 0.323 e. The van der Waals surface area contributed by atoms with Crippen LogP contribution in [-0.2, 0) is 33.1 Å². The summed E-state index contributed by atoms with van der Waals surface area (Å²) in [6.07, 6.45) is 3.37. The first kappa shape index (κ1) is 18.1. The van der Waals surface area contributed by atoms with Crippen molar-refractivity contribution in [3.8, 4) is 0 Å². The highest BCUT2D eigenvalue weighted by molar-refractivity contribution is 7.89. The molecule has 2 rings (SSSR count). The van der Waals surface area contributed by atoms with Crippen LogP contribution in [0, 0.1) is 13.8 Å². The van der Waals surface area contributed by atoms with Crippen LogP contribution in [0.4, 0.5) is 0 Å². The molecule has 0 spiro atoms. The molecule has 9 nitrogen and oxygen atoms in total. The largest absolute Gasteiger partial charge is 0.463 e. The summed E-state index contributed by atoms with van der Waals surface area (Å²) in [4.78, 5) is 12.0. The Labute approximate surface area is 140 Å². The van der Waals surface area contributed by atoms with Gasteiger partial charge in [0.25, 0.3) is 0 Å². The summed E-state index contributed by atoms with van der Waals surface area (Å²) >= 11 is 0. The van der Waals surface area contributed by atoms with E-state index in [0.717, 1.165) is 0 Å². The molecule has 0 aromatic carbocycles. The van der Waals surface area contributed by atoms with Gasteiger partial charge in [-0.15, -0.1) is 0 Å². The van der Waals surface area contributed by atoms with Gasteiger partial charge in [0, 0.05) is 19.4 Å². The maximum Gasteiger partial charge on any atom is 0.323 e.